The van der Waals surface area contributed by atoms with E-state index in [1.807, 2.05) is 0 Å². The van der Waals surface area contributed by atoms with E-state index >= 15 is 0 Å². The van der Waals surface area contributed by atoms with Crippen molar-refractivity contribution >= 4 is 11.8 Å². The van der Waals surface area contributed by atoms with Gasteiger partial charge in [-0.05, 0) is 32.7 Å². The van der Waals surface area contributed by atoms with Crippen molar-refractivity contribution in [1.29, 1.82) is 0 Å². The van der Waals surface area contributed by atoms with Gasteiger partial charge in [-0.15, -0.1) is 0 Å². The first kappa shape index (κ1) is 13.5. The predicted octanol–water partition coefficient (Wildman–Crippen LogP) is 1.77. The maximum Gasteiger partial charge on any atom is 0.318 e. The van der Waals surface area contributed by atoms with Crippen LogP contribution in [0.2, 0.25) is 0 Å². The number of carbonyl (C=O) groups is 2. The summed E-state index contributed by atoms with van der Waals surface area (Å²) in [5.41, 5.74) is 0. The quantitative estimate of drug-likeness (QED) is 0.566. The molecule has 2 saturated heterocycles. The third-order valence-corrected chi connectivity index (χ3v) is 4.14. The molecule has 0 radical (unpaired) electrons. The molecule has 0 bridgehead atoms. The summed E-state index contributed by atoms with van der Waals surface area (Å²) in [4.78, 5) is 26.5. The summed E-state index contributed by atoms with van der Waals surface area (Å²) in [5, 5.41) is 0. The first-order valence-corrected chi connectivity index (χ1v) is 7.14. The summed E-state index contributed by atoms with van der Waals surface area (Å²) >= 11 is 0. The van der Waals surface area contributed by atoms with E-state index in [9.17, 15) is 9.59 Å². The van der Waals surface area contributed by atoms with Gasteiger partial charge in [-0.25, -0.2) is 0 Å². The maximum atomic E-state index is 12.2. The molecule has 0 N–H and O–H groups in total. The van der Waals surface area contributed by atoms with Crippen LogP contribution >= 0.6 is 0 Å². The number of nitrogens with zero attached hydrogens (tertiary/aromatic N) is 1. The fourth-order valence-electron chi connectivity index (χ4n) is 3.44. The Balaban J connectivity index is 2.13. The highest BCUT2D eigenvalue weighted by molar-refractivity contribution is 6.00. The number of piperidine rings is 1. The fraction of sp³-hybridized carbons (Fsp3) is 0.857. The average Bonchev–Trinajstić information content (AvgIpc) is 2.78. The van der Waals surface area contributed by atoms with E-state index in [2.05, 4.69) is 11.8 Å². The molecule has 0 aliphatic carbocycles. The summed E-state index contributed by atoms with van der Waals surface area (Å²) in [6.07, 6.45) is 4.71. The van der Waals surface area contributed by atoms with Crippen LogP contribution in [0.3, 0.4) is 0 Å². The molecule has 0 amide bonds. The van der Waals surface area contributed by atoms with Crippen LogP contribution in [0, 0.1) is 5.92 Å². The van der Waals surface area contributed by atoms with Gasteiger partial charge in [0.25, 0.3) is 0 Å². The Kier molecular flexibility index (Phi) is 4.38. The highest BCUT2D eigenvalue weighted by Crippen LogP contribution is 2.35. The number of hydrogen-bond acceptors (Lipinski definition) is 4. The van der Waals surface area contributed by atoms with Crippen molar-refractivity contribution in [1.82, 2.24) is 4.90 Å². The third-order valence-electron chi connectivity index (χ3n) is 4.14. The van der Waals surface area contributed by atoms with E-state index in [1.54, 1.807) is 6.92 Å². The van der Waals surface area contributed by atoms with Crippen molar-refractivity contribution < 1.29 is 14.3 Å². The number of esters is 1. The van der Waals surface area contributed by atoms with Crippen LogP contribution in [0.5, 0.6) is 0 Å². The molecule has 0 aromatic carbocycles. The van der Waals surface area contributed by atoms with Crippen LogP contribution in [0.4, 0.5) is 0 Å². The van der Waals surface area contributed by atoms with E-state index in [0.29, 0.717) is 19.1 Å². The number of rotatable bonds is 4. The normalized spacial score (nSPS) is 32.3. The Hall–Kier alpha value is -0.900. The minimum absolute atomic E-state index is 0.0926. The van der Waals surface area contributed by atoms with Gasteiger partial charge in [-0.2, -0.15) is 0 Å². The van der Waals surface area contributed by atoms with Crippen molar-refractivity contribution in [3.63, 3.8) is 0 Å². The van der Waals surface area contributed by atoms with Crippen LogP contribution in [0.15, 0.2) is 0 Å². The Morgan fingerprint density at radius 2 is 2.22 bits per heavy atom. The standard InChI is InChI=1S/C14H23NO3/c1-3-6-10-9-12(16)13(14(17)18-4-2)11-7-5-8-15(10)11/h10-11,13H,3-9H2,1-2H3. The Morgan fingerprint density at radius 3 is 2.89 bits per heavy atom. The second-order valence-corrected chi connectivity index (χ2v) is 5.29. The summed E-state index contributed by atoms with van der Waals surface area (Å²) in [6, 6.07) is 0.447. The second kappa shape index (κ2) is 5.83. The lowest BCUT2D eigenvalue weighted by Gasteiger charge is -2.40. The summed E-state index contributed by atoms with van der Waals surface area (Å²) in [5.74, 6) is -0.745. The fourth-order valence-corrected chi connectivity index (χ4v) is 3.44. The average molecular weight is 253 g/mol. The molecule has 3 unspecified atom stereocenters. The van der Waals surface area contributed by atoms with Gasteiger partial charge in [0, 0.05) is 18.5 Å². The lowest BCUT2D eigenvalue weighted by atomic mass is 9.83. The molecule has 4 heteroatoms. The number of hydrogen-bond donors (Lipinski definition) is 0. The van der Waals surface area contributed by atoms with E-state index in [4.69, 9.17) is 4.74 Å². The zero-order valence-electron chi connectivity index (χ0n) is 11.4. The summed E-state index contributed by atoms with van der Waals surface area (Å²) in [7, 11) is 0. The molecule has 0 saturated carbocycles. The van der Waals surface area contributed by atoms with E-state index in [0.717, 1.165) is 32.2 Å². The summed E-state index contributed by atoms with van der Waals surface area (Å²) < 4.78 is 5.07. The molecule has 0 aromatic heterocycles. The zero-order chi connectivity index (χ0) is 13.1. The molecule has 2 fully saturated rings. The lowest BCUT2D eigenvalue weighted by Crippen LogP contribution is -2.54. The molecule has 4 nitrogen and oxygen atoms in total. The van der Waals surface area contributed by atoms with Gasteiger partial charge < -0.3 is 4.74 Å². The highest BCUT2D eigenvalue weighted by Gasteiger charge is 2.47. The van der Waals surface area contributed by atoms with Gasteiger partial charge in [0.15, 0.2) is 0 Å². The van der Waals surface area contributed by atoms with Gasteiger partial charge in [0.2, 0.25) is 0 Å². The molecule has 0 spiro atoms. The number of fused-ring (bicyclic) bond motifs is 1. The van der Waals surface area contributed by atoms with Crippen molar-refractivity contribution in [2.24, 2.45) is 5.92 Å². The first-order valence-electron chi connectivity index (χ1n) is 7.14. The van der Waals surface area contributed by atoms with E-state index < -0.39 is 5.92 Å². The maximum absolute atomic E-state index is 12.2. The molecule has 2 aliphatic rings. The molecule has 2 rings (SSSR count). The van der Waals surface area contributed by atoms with Gasteiger partial charge in [0.1, 0.15) is 11.7 Å². The molecular weight excluding hydrogens is 230 g/mol. The molecule has 102 valence electrons. The Morgan fingerprint density at radius 1 is 1.44 bits per heavy atom. The SMILES string of the molecule is CCCC1CC(=O)C(C(=O)OCC)C2CCCN12. The minimum Gasteiger partial charge on any atom is -0.465 e. The molecule has 2 aliphatic heterocycles. The predicted molar refractivity (Wildman–Crippen MR) is 68.2 cm³/mol. The van der Waals surface area contributed by atoms with Crippen molar-refractivity contribution in [2.75, 3.05) is 13.2 Å². The highest BCUT2D eigenvalue weighted by atomic mass is 16.5. The Labute approximate surface area is 109 Å². The van der Waals surface area contributed by atoms with E-state index in [-0.39, 0.29) is 17.8 Å². The zero-order valence-corrected chi connectivity index (χ0v) is 11.4. The topological polar surface area (TPSA) is 46.6 Å². The van der Waals surface area contributed by atoms with Gasteiger partial charge in [-0.1, -0.05) is 13.3 Å². The number of carbonyl (C=O) groups excluding carboxylic acids is 2. The van der Waals surface area contributed by atoms with Crippen LogP contribution in [0.1, 0.15) is 46.0 Å². The van der Waals surface area contributed by atoms with Crippen molar-refractivity contribution in [3.8, 4) is 0 Å². The molecule has 18 heavy (non-hydrogen) atoms. The Bertz CT molecular complexity index is 329. The largest absolute Gasteiger partial charge is 0.465 e. The minimum atomic E-state index is -0.527. The monoisotopic (exact) mass is 253 g/mol. The van der Waals surface area contributed by atoms with E-state index in [1.165, 1.54) is 0 Å². The van der Waals surface area contributed by atoms with Gasteiger partial charge in [-0.3, -0.25) is 14.5 Å². The molecule has 3 atom stereocenters. The molecule has 0 aromatic rings. The van der Waals surface area contributed by atoms with Crippen LogP contribution < -0.4 is 0 Å². The molecular formula is C14H23NO3. The second-order valence-electron chi connectivity index (χ2n) is 5.29. The number of Topliss-reactive ketones (excluding diaryl/α,β-unsaturated/α-hetero) is 1. The molecule has 2 heterocycles. The van der Waals surface area contributed by atoms with Crippen LogP contribution in [-0.4, -0.2) is 41.9 Å². The number of ketones is 1. The number of ether oxygens (including phenoxy) is 1. The van der Waals surface area contributed by atoms with Crippen LogP contribution in [-0.2, 0) is 14.3 Å². The summed E-state index contributed by atoms with van der Waals surface area (Å²) in [6.45, 7) is 5.32. The van der Waals surface area contributed by atoms with Crippen molar-refractivity contribution in [3.05, 3.63) is 0 Å². The lowest BCUT2D eigenvalue weighted by molar-refractivity contribution is -0.157. The first-order chi connectivity index (χ1) is 8.69. The van der Waals surface area contributed by atoms with Gasteiger partial charge >= 0.3 is 5.97 Å². The smallest absolute Gasteiger partial charge is 0.318 e. The van der Waals surface area contributed by atoms with Gasteiger partial charge in [0.05, 0.1) is 6.61 Å². The third kappa shape index (κ3) is 2.44. The van der Waals surface area contributed by atoms with Crippen molar-refractivity contribution in [2.45, 2.75) is 58.0 Å². The van der Waals surface area contributed by atoms with Crippen LogP contribution in [0.25, 0.3) is 0 Å².